The van der Waals surface area contributed by atoms with Crippen LogP contribution in [0.2, 0.25) is 0 Å². The summed E-state index contributed by atoms with van der Waals surface area (Å²) >= 11 is 0. The number of carbonyl (C=O) groups is 5. The molecule has 3 heterocycles. The fraction of sp³-hybridized carbons (Fsp3) is 0.463. The van der Waals surface area contributed by atoms with Gasteiger partial charge in [-0.3, -0.25) is 19.2 Å². The van der Waals surface area contributed by atoms with Gasteiger partial charge in [0.1, 0.15) is 35.3 Å². The Balaban J connectivity index is 0.733. The number of hydrogen-bond donors (Lipinski definition) is 2. The second kappa shape index (κ2) is 29.7. The number of Topliss-reactive ketones (excluding diaryl/α,β-unsaturated/α-hetero) is 3. The molecule has 0 saturated heterocycles. The van der Waals surface area contributed by atoms with E-state index in [2.05, 4.69) is 68.1 Å². The highest BCUT2D eigenvalue weighted by Crippen LogP contribution is 2.50. The number of ketones is 3. The zero-order valence-electron chi connectivity index (χ0n) is 48.9. The summed E-state index contributed by atoms with van der Waals surface area (Å²) in [5.41, 5.74) is 11.3. The number of carboxylic acids is 1. The molecule has 2 unspecified atom stereocenters. The Hall–Kier alpha value is -7.20. The molecule has 1 amide bonds. The van der Waals surface area contributed by atoms with Gasteiger partial charge in [-0.15, -0.1) is 5.10 Å². The molecule has 0 saturated carbocycles. The van der Waals surface area contributed by atoms with Crippen molar-refractivity contribution < 1.29 is 53.0 Å². The third-order valence-corrected chi connectivity index (χ3v) is 15.6. The van der Waals surface area contributed by atoms with E-state index < -0.39 is 5.97 Å². The van der Waals surface area contributed by atoms with Crippen molar-refractivity contribution in [1.29, 1.82) is 0 Å². The van der Waals surface area contributed by atoms with Crippen LogP contribution in [0.25, 0.3) is 22.5 Å². The molecule has 15 heteroatoms. The first-order chi connectivity index (χ1) is 39.8. The van der Waals surface area contributed by atoms with Crippen molar-refractivity contribution in [2.24, 2.45) is 11.8 Å². The molecule has 3 aliphatic rings. The van der Waals surface area contributed by atoms with E-state index in [0.717, 1.165) is 88.5 Å². The van der Waals surface area contributed by atoms with Gasteiger partial charge in [-0.05, 0) is 99.2 Å². The molecule has 8 rings (SSSR count). The van der Waals surface area contributed by atoms with Crippen LogP contribution in [0.3, 0.4) is 0 Å². The van der Waals surface area contributed by atoms with Crippen LogP contribution in [-0.4, -0.2) is 101 Å². The van der Waals surface area contributed by atoms with Crippen LogP contribution in [0.1, 0.15) is 166 Å². The topological polar surface area (TPSA) is 190 Å². The average Bonchev–Trinajstić information content (AvgIpc) is 2.25. The second-order valence-corrected chi connectivity index (χ2v) is 22.2. The number of carboxylic acid groups (broad SMARTS) is 1. The van der Waals surface area contributed by atoms with Gasteiger partial charge in [-0.1, -0.05) is 106 Å². The number of nitrogens with zero attached hydrogens (tertiary/aromatic N) is 4. The van der Waals surface area contributed by atoms with E-state index in [0.29, 0.717) is 120 Å². The summed E-state index contributed by atoms with van der Waals surface area (Å²) in [7, 11) is 0. The summed E-state index contributed by atoms with van der Waals surface area (Å²) < 4.78 is 25.6. The molecular formula is C67H82N5O10+. The molecule has 4 aromatic carbocycles. The first-order valence-electron chi connectivity index (χ1n) is 29.7. The average molecular weight is 1120 g/mol. The first kappa shape index (κ1) is 60.9. The lowest BCUT2D eigenvalue weighted by atomic mass is 9.72. The minimum Gasteiger partial charge on any atom is -0.478 e. The second-order valence-electron chi connectivity index (χ2n) is 22.2. The van der Waals surface area contributed by atoms with Gasteiger partial charge >= 0.3 is 5.97 Å². The lowest BCUT2D eigenvalue weighted by Gasteiger charge is -2.37. The number of ether oxygens (including phenoxy) is 4. The number of para-hydroxylation sites is 1. The molecule has 434 valence electrons. The van der Waals surface area contributed by atoms with Crippen molar-refractivity contribution in [1.82, 2.24) is 15.0 Å². The largest absolute Gasteiger partial charge is 0.478 e. The molecule has 0 fully saturated rings. The number of carbonyl (C=O) groups excluding carboxylic acids is 4. The van der Waals surface area contributed by atoms with Crippen LogP contribution in [0.5, 0.6) is 5.75 Å². The third-order valence-electron chi connectivity index (χ3n) is 15.6. The molecule has 1 aliphatic carbocycles. The normalized spacial score (nSPS) is 15.7. The summed E-state index contributed by atoms with van der Waals surface area (Å²) in [5.74, 6) is 0.397. The highest BCUT2D eigenvalue weighted by Gasteiger charge is 2.40. The minimum atomic E-state index is -1.09. The quantitative estimate of drug-likeness (QED) is 0.0316. The zero-order chi connectivity index (χ0) is 58.1. The van der Waals surface area contributed by atoms with Gasteiger partial charge in [-0.25, -0.2) is 14.5 Å². The number of amides is 1. The predicted octanol–water partition coefficient (Wildman–Crippen LogP) is 11.0. The number of aromatic nitrogens is 3. The van der Waals surface area contributed by atoms with Crippen molar-refractivity contribution >= 4 is 40.6 Å². The van der Waals surface area contributed by atoms with Crippen molar-refractivity contribution in [2.75, 3.05) is 51.1 Å². The number of allylic oxidation sites excluding steroid dienone is 3. The van der Waals surface area contributed by atoms with Crippen molar-refractivity contribution in [3.05, 3.63) is 141 Å². The van der Waals surface area contributed by atoms with Crippen LogP contribution < -0.4 is 14.6 Å². The molecular weight excluding hydrogens is 1030 g/mol. The van der Waals surface area contributed by atoms with E-state index in [1.807, 2.05) is 72.3 Å². The smallest absolute Gasteiger partial charge is 0.336 e. The van der Waals surface area contributed by atoms with Gasteiger partial charge in [0, 0.05) is 104 Å². The fourth-order valence-electron chi connectivity index (χ4n) is 11.4. The Morgan fingerprint density at radius 1 is 0.756 bits per heavy atom. The number of benzene rings is 4. The molecule has 2 aliphatic heterocycles. The summed E-state index contributed by atoms with van der Waals surface area (Å²) in [6.45, 7) is 16.4. The molecule has 2 atom stereocenters. The molecule has 0 spiro atoms. The highest BCUT2D eigenvalue weighted by atomic mass is 16.5. The van der Waals surface area contributed by atoms with Crippen molar-refractivity contribution in [3.63, 3.8) is 0 Å². The maximum absolute atomic E-state index is 14.0. The Morgan fingerprint density at radius 2 is 1.44 bits per heavy atom. The van der Waals surface area contributed by atoms with Crippen LogP contribution in [-0.2, 0) is 48.1 Å². The van der Waals surface area contributed by atoms with Crippen molar-refractivity contribution in [3.8, 4) is 28.3 Å². The lowest BCUT2D eigenvalue weighted by Crippen LogP contribution is -2.72. The SMILES string of the molecule is CCCc1cc2c(cc1C)C(c1ccc(C(=O)CCCOCCOCCOCCCC(=O)CCC(=O)N3Cc4ccccc4-c4c(nnn4CCCC(=O)CCCC(C)C)-c4ccccc43)cc1C(=O)O)C1C=C(C)C(=[NH+]CC)C=C1O2. The number of nitrogens with one attached hydrogen (secondary N) is 1. The maximum Gasteiger partial charge on any atom is 0.336 e. The Labute approximate surface area is 483 Å². The summed E-state index contributed by atoms with van der Waals surface area (Å²) in [6, 6.07) is 25.0. The fourth-order valence-corrected chi connectivity index (χ4v) is 11.4. The van der Waals surface area contributed by atoms with Crippen LogP contribution >= 0.6 is 0 Å². The number of anilines is 1. The third kappa shape index (κ3) is 15.5. The number of fused-ring (bicyclic) bond motifs is 7. The molecule has 5 aromatic rings. The lowest BCUT2D eigenvalue weighted by molar-refractivity contribution is -0.451. The van der Waals surface area contributed by atoms with E-state index in [1.165, 1.54) is 11.6 Å². The Kier molecular flexibility index (Phi) is 22.0. The Bertz CT molecular complexity index is 3190. The van der Waals surface area contributed by atoms with Crippen LogP contribution in [0.4, 0.5) is 5.69 Å². The van der Waals surface area contributed by atoms with E-state index in [4.69, 9.17) is 18.9 Å². The van der Waals surface area contributed by atoms with Gasteiger partial charge < -0.3 is 29.0 Å². The number of aromatic carboxylic acids is 1. The van der Waals surface area contributed by atoms with Gasteiger partial charge in [0.15, 0.2) is 5.78 Å². The molecule has 15 nitrogen and oxygen atoms in total. The zero-order valence-corrected chi connectivity index (χ0v) is 48.9. The van der Waals surface area contributed by atoms with E-state index >= 15 is 0 Å². The molecule has 1 aromatic heterocycles. The van der Waals surface area contributed by atoms with E-state index in [-0.39, 0.29) is 59.9 Å². The van der Waals surface area contributed by atoms with Gasteiger partial charge in [0.2, 0.25) is 11.6 Å². The standard InChI is InChI=1S/C67H81N5O10/c1-7-17-47-41-61-56(38-45(47)5)64(57-39-46(6)58(68-8-2)42-62(57)82-61)53-29-27-48(40-55(53)67(77)78)60(75)26-16-33-80-35-37-81-36-34-79-32-15-22-51(74)28-30-63(76)71-43-49-19-9-10-23-52(49)66-65(54-24-11-12-25-59(54)71)69-70-72(66)31-14-21-50(73)20-13-18-44(3)4/h9-12,19,23-25,27,29,38-42,44,57,64H,7-8,13-18,20-22,26,28,30-37,43H2,1-6H3,(H,77,78)/p+1. The number of rotatable bonds is 31. The van der Waals surface area contributed by atoms with Gasteiger partial charge in [-0.2, -0.15) is 0 Å². The molecule has 2 N–H and O–H groups in total. The maximum atomic E-state index is 14.0. The van der Waals surface area contributed by atoms with Gasteiger partial charge in [0.05, 0.1) is 49.9 Å². The predicted molar refractivity (Wildman–Crippen MR) is 317 cm³/mol. The number of hydrogen-bond acceptors (Lipinski definition) is 11. The van der Waals surface area contributed by atoms with Gasteiger partial charge in [0.25, 0.3) is 0 Å². The highest BCUT2D eigenvalue weighted by molar-refractivity contribution is 6.06. The first-order valence-corrected chi connectivity index (χ1v) is 29.7. The van der Waals surface area contributed by atoms with Crippen LogP contribution in [0.15, 0.2) is 102 Å². The van der Waals surface area contributed by atoms with Crippen molar-refractivity contribution in [2.45, 2.75) is 144 Å². The Morgan fingerprint density at radius 3 is 2.17 bits per heavy atom. The molecule has 0 radical (unpaired) electrons. The van der Waals surface area contributed by atoms with Crippen LogP contribution in [0, 0.1) is 18.8 Å². The summed E-state index contributed by atoms with van der Waals surface area (Å²) in [6.07, 6.45) is 11.5. The summed E-state index contributed by atoms with van der Waals surface area (Å²) in [5, 5.41) is 19.8. The minimum absolute atomic E-state index is 0.00606. The molecule has 0 bridgehead atoms. The van der Waals surface area contributed by atoms with E-state index in [1.54, 1.807) is 11.0 Å². The molecule has 82 heavy (non-hydrogen) atoms. The summed E-state index contributed by atoms with van der Waals surface area (Å²) in [4.78, 5) is 71.4. The number of aryl methyl sites for hydroxylation is 3. The monoisotopic (exact) mass is 1120 g/mol. The van der Waals surface area contributed by atoms with E-state index in [9.17, 15) is 29.1 Å².